The van der Waals surface area contributed by atoms with Crippen LogP contribution in [0.25, 0.3) is 0 Å². The fraction of sp³-hybridized carbons (Fsp3) is 0. The van der Waals surface area contributed by atoms with Crippen LogP contribution >= 0.6 is 0 Å². The van der Waals surface area contributed by atoms with Crippen LogP contribution in [0.5, 0.6) is 0 Å². The third-order valence-electron chi connectivity index (χ3n) is 0.431. The second kappa shape index (κ2) is 1.45. The van der Waals surface area contributed by atoms with Crippen molar-refractivity contribution >= 4 is 0 Å². The molecule has 6 heavy (non-hydrogen) atoms. The average molecular weight is 82.1 g/mol. The van der Waals surface area contributed by atoms with E-state index >= 15 is 0 Å². The van der Waals surface area contributed by atoms with Crippen LogP contribution in [0.3, 0.4) is 0 Å². The van der Waals surface area contributed by atoms with Crippen LogP contribution in [-0.2, 0) is 0 Å². The Morgan fingerprint density at radius 2 is 1.83 bits per heavy atom. The minimum Gasteiger partial charge on any atom is -0.254 e. The van der Waals surface area contributed by atoms with Crippen molar-refractivity contribution in [3.05, 3.63) is 19.0 Å². The molecule has 0 radical (unpaired) electrons. The number of aromatic nitrogens is 3. The Hall–Kier alpha value is -0.990. The van der Waals surface area contributed by atoms with Gasteiger partial charge in [-0.25, -0.2) is 0 Å². The number of hydrogen-bond donors (Lipinski definition) is 0. The lowest BCUT2D eigenvalue weighted by atomic mass is 11.1. The van der Waals surface area contributed by atoms with E-state index in [1.165, 1.54) is 6.33 Å². The molecule has 0 fully saturated rings. The van der Waals surface area contributed by atoms with Crippen LogP contribution in [-0.4, -0.2) is 9.97 Å². The van der Waals surface area contributed by atoms with Crippen LogP contribution < -0.4 is 4.98 Å². The van der Waals surface area contributed by atoms with Gasteiger partial charge in [0.05, 0.1) is 0 Å². The highest BCUT2D eigenvalue weighted by Crippen LogP contribution is 1.49. The molecule has 1 aromatic rings. The third kappa shape index (κ3) is 0.484. The van der Waals surface area contributed by atoms with Gasteiger partial charge in [0.25, 0.3) is 6.33 Å². The van der Waals surface area contributed by atoms with Gasteiger partial charge in [-0.05, 0) is 0 Å². The summed E-state index contributed by atoms with van der Waals surface area (Å²) in [6.45, 7) is 0. The van der Waals surface area contributed by atoms with E-state index in [0.717, 1.165) is 0 Å². The third-order valence-corrected chi connectivity index (χ3v) is 0.431. The Kier molecular flexibility index (Phi) is 0.774. The molecule has 0 aliphatic carbocycles. The van der Waals surface area contributed by atoms with Gasteiger partial charge in [0.15, 0.2) is 0 Å². The molecular weight excluding hydrogens is 78.1 g/mol. The topological polar surface area (TPSA) is 39.9 Å². The highest BCUT2D eigenvalue weighted by atomic mass is 14.9. The fourth-order valence-corrected chi connectivity index (χ4v) is 0.225. The Labute approximate surface area is 35.1 Å². The molecule has 0 saturated heterocycles. The molecule has 0 amide bonds. The molecule has 3 nitrogen and oxygen atoms in total. The maximum absolute atomic E-state index is 3.62. The quantitative estimate of drug-likeness (QED) is 0.415. The SMILES string of the molecule is c1nc[nH+]cn1. The molecular formula is C3H4N3+. The molecule has 1 aromatic heterocycles. The largest absolute Gasteiger partial charge is 0.263 e. The van der Waals surface area contributed by atoms with E-state index in [1.807, 2.05) is 0 Å². The molecule has 0 bridgehead atoms. The first-order valence-electron chi connectivity index (χ1n) is 1.61. The summed E-state index contributed by atoms with van der Waals surface area (Å²) in [5.41, 5.74) is 0. The highest BCUT2D eigenvalue weighted by molar-refractivity contribution is 4.39. The van der Waals surface area contributed by atoms with Gasteiger partial charge in [0, 0.05) is 0 Å². The summed E-state index contributed by atoms with van der Waals surface area (Å²) in [5.74, 6) is 0. The maximum atomic E-state index is 3.62. The standard InChI is InChI=1S/C3H3N3/c1-4-2-6-3-5-1/h1-3H/p+1. The van der Waals surface area contributed by atoms with Crippen molar-refractivity contribution in [3.8, 4) is 0 Å². The summed E-state index contributed by atoms with van der Waals surface area (Å²) < 4.78 is 0. The van der Waals surface area contributed by atoms with Gasteiger partial charge < -0.3 is 0 Å². The highest BCUT2D eigenvalue weighted by Gasteiger charge is 1.70. The predicted octanol–water partition coefficient (Wildman–Crippen LogP) is -0.709. The molecule has 0 saturated carbocycles. The second-order valence-electron chi connectivity index (χ2n) is 0.838. The maximum Gasteiger partial charge on any atom is 0.263 e. The van der Waals surface area contributed by atoms with Crippen molar-refractivity contribution in [1.82, 2.24) is 9.97 Å². The van der Waals surface area contributed by atoms with E-state index in [1.54, 1.807) is 12.7 Å². The zero-order valence-corrected chi connectivity index (χ0v) is 3.13. The monoisotopic (exact) mass is 82.0 g/mol. The minimum atomic E-state index is 1.47. The molecule has 0 aromatic carbocycles. The Morgan fingerprint density at radius 1 is 1.17 bits per heavy atom. The summed E-state index contributed by atoms with van der Waals surface area (Å²) in [7, 11) is 0. The summed E-state index contributed by atoms with van der Waals surface area (Å²) in [4.78, 5) is 9.91. The zero-order valence-electron chi connectivity index (χ0n) is 3.13. The van der Waals surface area contributed by atoms with Crippen molar-refractivity contribution in [2.24, 2.45) is 0 Å². The summed E-state index contributed by atoms with van der Waals surface area (Å²) in [6.07, 6.45) is 4.59. The molecule has 0 spiro atoms. The predicted molar refractivity (Wildman–Crippen MR) is 18.6 cm³/mol. The normalized spacial score (nSPS) is 8.00. The lowest BCUT2D eigenvalue weighted by Crippen LogP contribution is -1.99. The summed E-state index contributed by atoms with van der Waals surface area (Å²) >= 11 is 0. The number of H-pyrrole nitrogens is 1. The van der Waals surface area contributed by atoms with Gasteiger partial charge in [-0.3, -0.25) is 4.98 Å². The second-order valence-corrected chi connectivity index (χ2v) is 0.838. The van der Waals surface area contributed by atoms with E-state index in [-0.39, 0.29) is 0 Å². The van der Waals surface area contributed by atoms with Crippen LogP contribution in [0.15, 0.2) is 19.0 Å². The minimum absolute atomic E-state index is 1.47. The fourth-order valence-electron chi connectivity index (χ4n) is 0.225. The molecule has 1 heterocycles. The van der Waals surface area contributed by atoms with Gasteiger partial charge in [-0.15, -0.1) is 0 Å². The van der Waals surface area contributed by atoms with Crippen LogP contribution in [0.4, 0.5) is 0 Å². The van der Waals surface area contributed by atoms with Gasteiger partial charge in [-0.1, -0.05) is 9.97 Å². The first-order valence-corrected chi connectivity index (χ1v) is 1.61. The van der Waals surface area contributed by atoms with Crippen molar-refractivity contribution in [3.63, 3.8) is 0 Å². The van der Waals surface area contributed by atoms with Gasteiger partial charge in [0.1, 0.15) is 0 Å². The molecule has 3 heteroatoms. The van der Waals surface area contributed by atoms with E-state index < -0.39 is 0 Å². The Bertz CT molecular complexity index is 78.0. The summed E-state index contributed by atoms with van der Waals surface area (Å²) in [5, 5.41) is 0. The van der Waals surface area contributed by atoms with E-state index in [4.69, 9.17) is 0 Å². The molecule has 0 atom stereocenters. The van der Waals surface area contributed by atoms with Crippen LogP contribution in [0.2, 0.25) is 0 Å². The number of nitrogens with one attached hydrogen (secondary N) is 1. The number of hydrogen-bond acceptors (Lipinski definition) is 2. The van der Waals surface area contributed by atoms with Gasteiger partial charge >= 0.3 is 0 Å². The number of rotatable bonds is 0. The molecule has 0 aliphatic heterocycles. The Morgan fingerprint density at radius 3 is 2.00 bits per heavy atom. The first-order chi connectivity index (χ1) is 3.00. The molecule has 1 rings (SSSR count). The van der Waals surface area contributed by atoms with Crippen LogP contribution in [0, 0.1) is 0 Å². The lowest BCUT2D eigenvalue weighted by Gasteiger charge is -1.60. The van der Waals surface area contributed by atoms with Crippen molar-refractivity contribution in [2.45, 2.75) is 0 Å². The first kappa shape index (κ1) is 3.21. The van der Waals surface area contributed by atoms with Crippen molar-refractivity contribution in [1.29, 1.82) is 0 Å². The van der Waals surface area contributed by atoms with E-state index in [0.29, 0.717) is 0 Å². The van der Waals surface area contributed by atoms with Gasteiger partial charge in [0.2, 0.25) is 12.7 Å². The lowest BCUT2D eigenvalue weighted by molar-refractivity contribution is -0.387. The average Bonchev–Trinajstić information content (AvgIpc) is 1.72. The van der Waals surface area contributed by atoms with E-state index in [2.05, 4.69) is 15.0 Å². The number of nitrogens with zero attached hydrogens (tertiary/aromatic N) is 2. The number of aromatic amines is 1. The molecule has 0 aliphatic rings. The Balaban J connectivity index is 3.00. The molecule has 0 unspecified atom stereocenters. The summed E-state index contributed by atoms with van der Waals surface area (Å²) in [6, 6.07) is 0. The zero-order chi connectivity index (χ0) is 4.24. The smallest absolute Gasteiger partial charge is 0.254 e. The molecule has 30 valence electrons. The van der Waals surface area contributed by atoms with Crippen molar-refractivity contribution in [2.75, 3.05) is 0 Å². The van der Waals surface area contributed by atoms with Gasteiger partial charge in [-0.2, -0.15) is 0 Å². The van der Waals surface area contributed by atoms with Crippen LogP contribution in [0.1, 0.15) is 0 Å². The van der Waals surface area contributed by atoms with E-state index in [9.17, 15) is 0 Å². The van der Waals surface area contributed by atoms with Crippen molar-refractivity contribution < 1.29 is 4.98 Å². The molecule has 1 N–H and O–H groups in total.